The van der Waals surface area contributed by atoms with Crippen molar-refractivity contribution in [2.24, 2.45) is 5.73 Å². The molecule has 2 aromatic rings. The topological polar surface area (TPSA) is 56.7 Å². The van der Waals surface area contributed by atoms with E-state index in [1.54, 1.807) is 0 Å². The zero-order valence-electron chi connectivity index (χ0n) is 9.86. The largest absolute Gasteiger partial charge is 0.324 e. The molecule has 2 N–H and O–H groups in total. The first-order valence-electron chi connectivity index (χ1n) is 5.32. The number of benzene rings is 1. The number of hydrogen-bond acceptors (Lipinski definition) is 3. The Morgan fingerprint density at radius 1 is 1.25 bits per heavy atom. The first-order valence-corrected chi connectivity index (χ1v) is 5.32. The van der Waals surface area contributed by atoms with Crippen molar-refractivity contribution in [1.29, 1.82) is 0 Å². The summed E-state index contributed by atoms with van der Waals surface area (Å²) in [6, 6.07) is 6.27. The van der Waals surface area contributed by atoms with Crippen LogP contribution < -0.4 is 5.73 Å². The van der Waals surface area contributed by atoms with Crippen molar-refractivity contribution in [1.82, 2.24) is 14.8 Å². The molecule has 0 bridgehead atoms. The minimum Gasteiger partial charge on any atom is -0.324 e. The third-order valence-corrected chi connectivity index (χ3v) is 2.58. The number of aryl methyl sites for hydroxylation is 3. The molecule has 0 spiro atoms. The monoisotopic (exact) mass is 216 g/mol. The van der Waals surface area contributed by atoms with Crippen LogP contribution in [0.5, 0.6) is 0 Å². The van der Waals surface area contributed by atoms with E-state index in [0.717, 1.165) is 11.5 Å². The van der Waals surface area contributed by atoms with Crippen LogP contribution in [-0.2, 0) is 6.54 Å². The van der Waals surface area contributed by atoms with Gasteiger partial charge in [0.25, 0.3) is 0 Å². The van der Waals surface area contributed by atoms with Crippen molar-refractivity contribution >= 4 is 0 Å². The van der Waals surface area contributed by atoms with E-state index in [9.17, 15) is 0 Å². The highest BCUT2D eigenvalue weighted by Crippen LogP contribution is 2.16. The van der Waals surface area contributed by atoms with Gasteiger partial charge in [-0.1, -0.05) is 17.7 Å². The van der Waals surface area contributed by atoms with E-state index < -0.39 is 0 Å². The Labute approximate surface area is 95.1 Å². The summed E-state index contributed by atoms with van der Waals surface area (Å²) in [6.07, 6.45) is 0. The molecule has 0 saturated heterocycles. The molecule has 1 aromatic heterocycles. The highest BCUT2D eigenvalue weighted by molar-refractivity contribution is 5.42. The van der Waals surface area contributed by atoms with Crippen LogP contribution in [-0.4, -0.2) is 14.8 Å². The molecule has 0 fully saturated rings. The number of hydrogen-bond donors (Lipinski definition) is 1. The Hall–Kier alpha value is -1.68. The summed E-state index contributed by atoms with van der Waals surface area (Å²) in [6.45, 7) is 6.46. The van der Waals surface area contributed by atoms with Crippen molar-refractivity contribution in [2.75, 3.05) is 0 Å². The smallest absolute Gasteiger partial charge is 0.164 e. The molecule has 0 aliphatic rings. The second-order valence-corrected chi connectivity index (χ2v) is 3.98. The number of nitrogens with two attached hydrogens (primary N) is 1. The van der Waals surface area contributed by atoms with Crippen LogP contribution in [0.15, 0.2) is 18.2 Å². The summed E-state index contributed by atoms with van der Waals surface area (Å²) in [5.41, 5.74) is 9.04. The molecular formula is C12H16N4. The summed E-state index contributed by atoms with van der Waals surface area (Å²) in [5, 5.41) is 4.37. The van der Waals surface area contributed by atoms with Crippen LogP contribution in [0.4, 0.5) is 0 Å². The van der Waals surface area contributed by atoms with Gasteiger partial charge in [0.2, 0.25) is 0 Å². The quantitative estimate of drug-likeness (QED) is 0.830. The SMILES string of the molecule is Cc1ccc(-n2nc(CN)nc2C)c(C)c1. The zero-order chi connectivity index (χ0) is 11.7. The highest BCUT2D eigenvalue weighted by Gasteiger charge is 2.08. The van der Waals surface area contributed by atoms with E-state index in [1.807, 2.05) is 11.6 Å². The van der Waals surface area contributed by atoms with Crippen molar-refractivity contribution in [2.45, 2.75) is 27.3 Å². The molecule has 16 heavy (non-hydrogen) atoms. The Balaban J connectivity index is 2.53. The van der Waals surface area contributed by atoms with Gasteiger partial charge < -0.3 is 5.73 Å². The van der Waals surface area contributed by atoms with E-state index >= 15 is 0 Å². The molecule has 4 heteroatoms. The number of rotatable bonds is 2. The first-order chi connectivity index (χ1) is 7.61. The van der Waals surface area contributed by atoms with Crippen LogP contribution in [0.2, 0.25) is 0 Å². The molecule has 1 aromatic carbocycles. The Bertz CT molecular complexity index is 514. The maximum Gasteiger partial charge on any atom is 0.164 e. The molecule has 4 nitrogen and oxygen atoms in total. The maximum absolute atomic E-state index is 5.53. The number of aromatic nitrogens is 3. The molecule has 0 aliphatic heterocycles. The van der Waals surface area contributed by atoms with Gasteiger partial charge in [-0.2, -0.15) is 0 Å². The van der Waals surface area contributed by atoms with Crippen molar-refractivity contribution in [3.05, 3.63) is 41.0 Å². The van der Waals surface area contributed by atoms with E-state index in [1.165, 1.54) is 11.1 Å². The minimum absolute atomic E-state index is 0.374. The van der Waals surface area contributed by atoms with E-state index in [2.05, 4.69) is 42.1 Å². The molecule has 0 amide bonds. The fraction of sp³-hybridized carbons (Fsp3) is 0.333. The van der Waals surface area contributed by atoms with Crippen molar-refractivity contribution in [3.63, 3.8) is 0 Å². The van der Waals surface area contributed by atoms with Gasteiger partial charge in [-0.25, -0.2) is 9.67 Å². The number of nitrogens with zero attached hydrogens (tertiary/aromatic N) is 3. The minimum atomic E-state index is 0.374. The lowest BCUT2D eigenvalue weighted by Crippen LogP contribution is -2.03. The Morgan fingerprint density at radius 2 is 2.00 bits per heavy atom. The summed E-state index contributed by atoms with van der Waals surface area (Å²) >= 11 is 0. The van der Waals surface area contributed by atoms with Gasteiger partial charge in [0.1, 0.15) is 5.82 Å². The van der Waals surface area contributed by atoms with Gasteiger partial charge in [-0.3, -0.25) is 0 Å². The second-order valence-electron chi connectivity index (χ2n) is 3.98. The molecule has 0 atom stereocenters. The average Bonchev–Trinajstić information content (AvgIpc) is 2.60. The lowest BCUT2D eigenvalue weighted by atomic mass is 10.1. The standard InChI is InChI=1S/C12H16N4/c1-8-4-5-11(9(2)6-8)16-10(3)14-12(7-13)15-16/h4-6H,7,13H2,1-3H3. The maximum atomic E-state index is 5.53. The van der Waals surface area contributed by atoms with Gasteiger partial charge in [0.05, 0.1) is 12.2 Å². The lowest BCUT2D eigenvalue weighted by molar-refractivity contribution is 0.807. The van der Waals surface area contributed by atoms with Gasteiger partial charge in [-0.15, -0.1) is 5.10 Å². The van der Waals surface area contributed by atoms with Crippen molar-refractivity contribution < 1.29 is 0 Å². The first kappa shape index (κ1) is 10.8. The molecule has 84 valence electrons. The van der Waals surface area contributed by atoms with Crippen molar-refractivity contribution in [3.8, 4) is 5.69 Å². The summed E-state index contributed by atoms with van der Waals surface area (Å²) < 4.78 is 1.84. The predicted octanol–water partition coefficient (Wildman–Crippen LogP) is 1.65. The van der Waals surface area contributed by atoms with Crippen LogP contribution >= 0.6 is 0 Å². The van der Waals surface area contributed by atoms with Crippen LogP contribution in [0.25, 0.3) is 5.69 Å². The summed E-state index contributed by atoms with van der Waals surface area (Å²) in [5.74, 6) is 1.55. The Kier molecular flexibility index (Phi) is 2.75. The molecular weight excluding hydrogens is 200 g/mol. The van der Waals surface area contributed by atoms with Gasteiger partial charge in [-0.05, 0) is 32.4 Å². The predicted molar refractivity (Wildman–Crippen MR) is 63.5 cm³/mol. The summed E-state index contributed by atoms with van der Waals surface area (Å²) in [7, 11) is 0. The third kappa shape index (κ3) is 1.84. The lowest BCUT2D eigenvalue weighted by Gasteiger charge is -2.07. The van der Waals surface area contributed by atoms with Gasteiger partial charge in [0.15, 0.2) is 5.82 Å². The normalized spacial score (nSPS) is 10.8. The van der Waals surface area contributed by atoms with Crippen LogP contribution in [0, 0.1) is 20.8 Å². The molecule has 0 radical (unpaired) electrons. The van der Waals surface area contributed by atoms with Crippen LogP contribution in [0.3, 0.4) is 0 Å². The van der Waals surface area contributed by atoms with Gasteiger partial charge >= 0.3 is 0 Å². The summed E-state index contributed by atoms with van der Waals surface area (Å²) in [4.78, 5) is 4.30. The zero-order valence-corrected chi connectivity index (χ0v) is 9.86. The highest BCUT2D eigenvalue weighted by atomic mass is 15.4. The van der Waals surface area contributed by atoms with E-state index in [0.29, 0.717) is 12.4 Å². The second kappa shape index (κ2) is 4.06. The average molecular weight is 216 g/mol. The molecule has 0 saturated carbocycles. The fourth-order valence-electron chi connectivity index (χ4n) is 1.80. The molecule has 0 aliphatic carbocycles. The van der Waals surface area contributed by atoms with E-state index in [4.69, 9.17) is 5.73 Å². The van der Waals surface area contributed by atoms with E-state index in [-0.39, 0.29) is 0 Å². The fourth-order valence-corrected chi connectivity index (χ4v) is 1.80. The van der Waals surface area contributed by atoms with Gasteiger partial charge in [0, 0.05) is 0 Å². The Morgan fingerprint density at radius 3 is 2.56 bits per heavy atom. The third-order valence-electron chi connectivity index (χ3n) is 2.58. The van der Waals surface area contributed by atoms with Crippen LogP contribution in [0.1, 0.15) is 22.8 Å². The molecule has 0 unspecified atom stereocenters. The molecule has 1 heterocycles. The molecule has 2 rings (SSSR count).